The number of hydrogen-bond donors (Lipinski definition) is 2. The molecule has 0 unspecified atom stereocenters. The normalized spacial score (nSPS) is 12.0. The number of hydrogen-bond acceptors (Lipinski definition) is 10. The molecule has 0 fully saturated rings. The van der Waals surface area contributed by atoms with Crippen LogP contribution in [0.5, 0.6) is 0 Å². The molecule has 0 spiro atoms. The molecule has 0 amide bonds. The number of rotatable bonds is 2. The molecule has 42 heavy (non-hydrogen) atoms. The maximum absolute atomic E-state index is 12.5. The van der Waals surface area contributed by atoms with E-state index in [9.17, 15) is 9.59 Å². The van der Waals surface area contributed by atoms with Crippen LogP contribution >= 0.6 is 0 Å². The molecule has 4 heterocycles. The molecule has 0 aliphatic rings. The first kappa shape index (κ1) is 28.3. The summed E-state index contributed by atoms with van der Waals surface area (Å²) in [6.07, 6.45) is 3.25. The average molecular weight is 569 g/mol. The van der Waals surface area contributed by atoms with E-state index in [4.69, 9.17) is 20.9 Å². The third-order valence-electron chi connectivity index (χ3n) is 6.22. The summed E-state index contributed by atoms with van der Waals surface area (Å²) in [5.41, 5.74) is 13.2. The number of benzene rings is 2. The SMILES string of the molecule is CC(C)(C)OC(=O)c1c(N)n2nncc2c2ccccc12.CC(C)(C)OC(=O)c1c(N)n2nncc2c2ccccc12. The fraction of sp³-hybridized carbons (Fsp3) is 0.267. The van der Waals surface area contributed by atoms with Crippen molar-refractivity contribution in [2.75, 3.05) is 11.5 Å². The van der Waals surface area contributed by atoms with Gasteiger partial charge < -0.3 is 20.9 Å². The molecular formula is C30H32N8O4. The molecule has 0 saturated heterocycles. The minimum absolute atomic E-state index is 0.232. The number of nitrogens with zero attached hydrogens (tertiary/aromatic N) is 6. The van der Waals surface area contributed by atoms with E-state index in [1.165, 1.54) is 9.03 Å². The van der Waals surface area contributed by atoms with E-state index in [1.54, 1.807) is 12.4 Å². The molecule has 0 aliphatic carbocycles. The lowest BCUT2D eigenvalue weighted by Crippen LogP contribution is -2.25. The third-order valence-corrected chi connectivity index (χ3v) is 6.22. The van der Waals surface area contributed by atoms with Crippen molar-refractivity contribution in [2.24, 2.45) is 0 Å². The first-order valence-corrected chi connectivity index (χ1v) is 13.2. The maximum atomic E-state index is 12.5. The van der Waals surface area contributed by atoms with Gasteiger partial charge in [-0.25, -0.2) is 9.59 Å². The van der Waals surface area contributed by atoms with Crippen LogP contribution in [0.3, 0.4) is 0 Å². The molecule has 12 nitrogen and oxygen atoms in total. The van der Waals surface area contributed by atoms with Crippen LogP contribution in [0, 0.1) is 0 Å². The molecule has 4 aromatic heterocycles. The number of nitrogens with two attached hydrogens (primary N) is 2. The van der Waals surface area contributed by atoms with Crippen LogP contribution in [-0.2, 0) is 9.47 Å². The molecule has 4 N–H and O–H groups in total. The maximum Gasteiger partial charge on any atom is 0.343 e. The molecule has 0 aliphatic heterocycles. The van der Waals surface area contributed by atoms with Crippen LogP contribution in [0.25, 0.3) is 32.6 Å². The van der Waals surface area contributed by atoms with E-state index < -0.39 is 23.1 Å². The first-order chi connectivity index (χ1) is 19.8. The Morgan fingerprint density at radius 1 is 0.619 bits per heavy atom. The molecule has 12 heteroatoms. The van der Waals surface area contributed by atoms with Crippen LogP contribution in [-0.4, -0.2) is 52.8 Å². The van der Waals surface area contributed by atoms with E-state index in [2.05, 4.69) is 20.6 Å². The summed E-state index contributed by atoms with van der Waals surface area (Å²) in [4.78, 5) is 25.0. The molecule has 0 saturated carbocycles. The molecule has 0 radical (unpaired) electrons. The molecular weight excluding hydrogens is 536 g/mol. The fourth-order valence-corrected chi connectivity index (χ4v) is 4.62. The Morgan fingerprint density at radius 3 is 1.29 bits per heavy atom. The quantitative estimate of drug-likeness (QED) is 0.276. The number of carbonyl (C=O) groups is 2. The van der Waals surface area contributed by atoms with Gasteiger partial charge in [-0.2, -0.15) is 9.03 Å². The van der Waals surface area contributed by atoms with Crippen LogP contribution < -0.4 is 11.5 Å². The lowest BCUT2D eigenvalue weighted by Gasteiger charge is -2.21. The molecule has 216 valence electrons. The highest BCUT2D eigenvalue weighted by Gasteiger charge is 2.26. The number of pyridine rings is 2. The Labute approximate surface area is 241 Å². The number of carbonyl (C=O) groups excluding carboxylic acids is 2. The Morgan fingerprint density at radius 2 is 0.952 bits per heavy atom. The van der Waals surface area contributed by atoms with Crippen molar-refractivity contribution in [3.05, 3.63) is 72.1 Å². The number of aromatic nitrogens is 6. The average Bonchev–Trinajstić information content (AvgIpc) is 3.59. The molecule has 2 aromatic carbocycles. The number of ether oxygens (including phenoxy) is 2. The van der Waals surface area contributed by atoms with Crippen molar-refractivity contribution < 1.29 is 19.1 Å². The predicted molar refractivity (Wildman–Crippen MR) is 160 cm³/mol. The van der Waals surface area contributed by atoms with Crippen LogP contribution in [0.1, 0.15) is 62.3 Å². The van der Waals surface area contributed by atoms with Gasteiger partial charge in [0, 0.05) is 21.5 Å². The summed E-state index contributed by atoms with van der Waals surface area (Å²) in [7, 11) is 0. The zero-order valence-electron chi connectivity index (χ0n) is 24.2. The third kappa shape index (κ3) is 5.26. The minimum Gasteiger partial charge on any atom is -0.456 e. The predicted octanol–water partition coefficient (Wildman–Crippen LogP) is 4.84. The highest BCUT2D eigenvalue weighted by atomic mass is 16.6. The summed E-state index contributed by atoms with van der Waals surface area (Å²) in [5.74, 6) is -0.465. The molecule has 6 aromatic rings. The highest BCUT2D eigenvalue weighted by molar-refractivity contribution is 6.13. The van der Waals surface area contributed by atoms with Gasteiger partial charge in [-0.05, 0) is 41.5 Å². The topological polar surface area (TPSA) is 165 Å². The number of nitrogen functional groups attached to an aromatic ring is 2. The van der Waals surface area contributed by atoms with Gasteiger partial charge >= 0.3 is 11.9 Å². The summed E-state index contributed by atoms with van der Waals surface area (Å²) in [6, 6.07) is 15.0. The first-order valence-electron chi connectivity index (χ1n) is 13.2. The van der Waals surface area contributed by atoms with Crippen molar-refractivity contribution in [1.29, 1.82) is 0 Å². The smallest absolute Gasteiger partial charge is 0.343 e. The monoisotopic (exact) mass is 568 g/mol. The fourth-order valence-electron chi connectivity index (χ4n) is 4.62. The van der Waals surface area contributed by atoms with Gasteiger partial charge in [-0.15, -0.1) is 10.2 Å². The minimum atomic E-state index is -0.595. The van der Waals surface area contributed by atoms with Crippen molar-refractivity contribution in [2.45, 2.75) is 52.7 Å². The van der Waals surface area contributed by atoms with Crippen LogP contribution in [0.2, 0.25) is 0 Å². The molecule has 0 atom stereocenters. The Bertz CT molecular complexity index is 1840. The summed E-state index contributed by atoms with van der Waals surface area (Å²) in [6.45, 7) is 10.9. The summed E-state index contributed by atoms with van der Waals surface area (Å²) in [5, 5.41) is 18.8. The van der Waals surface area contributed by atoms with E-state index >= 15 is 0 Å². The van der Waals surface area contributed by atoms with Gasteiger partial charge in [-0.3, -0.25) is 0 Å². The largest absolute Gasteiger partial charge is 0.456 e. The van der Waals surface area contributed by atoms with Crippen molar-refractivity contribution in [3.8, 4) is 0 Å². The summed E-state index contributed by atoms with van der Waals surface area (Å²) >= 11 is 0. The lowest BCUT2D eigenvalue weighted by atomic mass is 10.0. The highest BCUT2D eigenvalue weighted by Crippen LogP contribution is 2.31. The second kappa shape index (κ2) is 10.3. The Hall–Kier alpha value is -5.26. The molecule has 0 bridgehead atoms. The van der Waals surface area contributed by atoms with Gasteiger partial charge in [0.15, 0.2) is 0 Å². The van der Waals surface area contributed by atoms with Gasteiger partial charge in [0.05, 0.1) is 23.4 Å². The van der Waals surface area contributed by atoms with E-state index in [-0.39, 0.29) is 11.6 Å². The van der Waals surface area contributed by atoms with Gasteiger partial charge in [0.2, 0.25) is 0 Å². The summed E-state index contributed by atoms with van der Waals surface area (Å²) < 4.78 is 13.8. The number of anilines is 2. The number of fused-ring (bicyclic) bond motifs is 6. The van der Waals surface area contributed by atoms with E-state index in [1.807, 2.05) is 90.1 Å². The Balaban J connectivity index is 0.000000168. The molecule has 6 rings (SSSR count). The Kier molecular flexibility index (Phi) is 6.93. The second-order valence-corrected chi connectivity index (χ2v) is 11.7. The van der Waals surface area contributed by atoms with E-state index in [0.29, 0.717) is 11.1 Å². The van der Waals surface area contributed by atoms with Crippen molar-refractivity contribution in [3.63, 3.8) is 0 Å². The van der Waals surface area contributed by atoms with Crippen molar-refractivity contribution in [1.82, 2.24) is 29.7 Å². The lowest BCUT2D eigenvalue weighted by molar-refractivity contribution is 0.00598. The van der Waals surface area contributed by atoms with Crippen LogP contribution in [0.15, 0.2) is 60.9 Å². The zero-order chi connectivity index (χ0) is 30.4. The number of esters is 2. The van der Waals surface area contributed by atoms with Crippen molar-refractivity contribution >= 4 is 56.2 Å². The van der Waals surface area contributed by atoms with E-state index in [0.717, 1.165) is 32.6 Å². The van der Waals surface area contributed by atoms with Gasteiger partial charge in [-0.1, -0.05) is 59.0 Å². The standard InChI is InChI=1S/2C15H16N4O2/c2*1-15(2,3)21-14(20)12-10-7-5-4-6-9(10)11-8-17-18-19(11)13(12)16/h2*4-8H,16H2,1-3H3. The zero-order valence-corrected chi connectivity index (χ0v) is 24.2. The van der Waals surface area contributed by atoms with Crippen LogP contribution in [0.4, 0.5) is 11.6 Å². The second-order valence-electron chi connectivity index (χ2n) is 11.7. The van der Waals surface area contributed by atoms with Gasteiger partial charge in [0.1, 0.15) is 34.0 Å². The van der Waals surface area contributed by atoms with Gasteiger partial charge in [0.25, 0.3) is 0 Å².